The Labute approximate surface area is 505 Å². The number of amides is 4. The molecule has 39 heteroatoms. The average molecular weight is 1300 g/mol. The minimum atomic E-state index is -2.33. The number of rotatable bonds is 22. The zero-order valence-corrected chi connectivity index (χ0v) is 48.4. The van der Waals surface area contributed by atoms with Gasteiger partial charge in [0.1, 0.15) is 165 Å². The van der Waals surface area contributed by atoms with Gasteiger partial charge in [-0.15, -0.1) is 0 Å². The third-order valence-corrected chi connectivity index (χ3v) is 16.1. The highest BCUT2D eigenvalue weighted by atomic mass is 16.8. The molecular formula is C50H84N4O35. The Kier molecular flexibility index (Phi) is 26.0. The van der Waals surface area contributed by atoms with Crippen LogP contribution in [-0.4, -0.2) is 370 Å². The van der Waals surface area contributed by atoms with Crippen LogP contribution in [0.2, 0.25) is 0 Å². The van der Waals surface area contributed by atoms with Gasteiger partial charge in [-0.3, -0.25) is 19.2 Å². The predicted molar refractivity (Wildman–Crippen MR) is 277 cm³/mol. The molecule has 89 heavy (non-hydrogen) atoms. The first-order valence-electron chi connectivity index (χ1n) is 28.5. The molecule has 35 atom stereocenters. The molecule has 514 valence electrons. The van der Waals surface area contributed by atoms with Crippen LogP contribution in [0.15, 0.2) is 0 Å². The van der Waals surface area contributed by atoms with Crippen molar-refractivity contribution < 1.29 is 173 Å². The fourth-order valence-electron chi connectivity index (χ4n) is 11.4. The quantitative estimate of drug-likeness (QED) is 0.0479. The molecule has 0 spiro atoms. The van der Waals surface area contributed by atoms with Crippen molar-refractivity contribution in [3.05, 3.63) is 0 Å². The highest BCUT2D eigenvalue weighted by Crippen LogP contribution is 2.38. The van der Waals surface area contributed by atoms with Crippen LogP contribution in [0, 0.1) is 0 Å². The number of carbonyl (C=O) groups is 4. The summed E-state index contributed by atoms with van der Waals surface area (Å²) in [6.07, 6.45) is -58.7. The standard InChI is InChI=1S/C50H84N4O35/c1-12-27(64)35(72)37(74)48(78-12)77-11-22-41(32(69)23(44(76)79-22)51-13(2)60)86-46-25(53-15(4)62)34(71)40(21(10-59)83-46)87-49-38(75)42(30(67)19(8-57)81-49)88-50-43(36(73)29(66)18(7-56)82-50)89-47-26(54-16(5)63)33(70)39(20(9-58)84-47)85-45-24(52-14(3)61)31(68)28(65)17(6-55)80-45/h12,17-50,55-59,64-76H,6-11H2,1-5H3,(H,51,60)(H,52,61)(H,53,62)(H,54,63)/t12-,17+,18+,19+,20+,21+,22+,23+,24+,25+,26+,27+,28-,29+,30+,31+,32+,33+,34+,35+,36-,37-,38-,39+,40+,41+,42-,43-,44+,45-,46-,47-,48+,49-,50+/m0/s1. The first-order chi connectivity index (χ1) is 42.0. The highest BCUT2D eigenvalue weighted by molar-refractivity contribution is 5.74. The lowest BCUT2D eigenvalue weighted by Crippen LogP contribution is -2.71. The Balaban J connectivity index is 1.12. The lowest BCUT2D eigenvalue weighted by Gasteiger charge is -2.51. The third kappa shape index (κ3) is 16.4. The number of ether oxygens (including phenoxy) is 13. The Bertz CT molecular complexity index is 2290. The number of hydrogen-bond acceptors (Lipinski definition) is 35. The molecule has 7 fully saturated rings. The van der Waals surface area contributed by atoms with E-state index in [4.69, 9.17) is 61.6 Å². The molecule has 39 nitrogen and oxygen atoms in total. The van der Waals surface area contributed by atoms with Crippen LogP contribution in [0.25, 0.3) is 0 Å². The van der Waals surface area contributed by atoms with Gasteiger partial charge in [-0.25, -0.2) is 0 Å². The lowest BCUT2D eigenvalue weighted by molar-refractivity contribution is -0.394. The number of carbonyl (C=O) groups excluding carboxylic acids is 4. The van der Waals surface area contributed by atoms with Crippen LogP contribution in [0.4, 0.5) is 0 Å². The van der Waals surface area contributed by atoms with Crippen LogP contribution >= 0.6 is 0 Å². The van der Waals surface area contributed by atoms with Crippen LogP contribution in [0.3, 0.4) is 0 Å². The van der Waals surface area contributed by atoms with Gasteiger partial charge < -0.3 is 175 Å². The van der Waals surface area contributed by atoms with E-state index in [-0.39, 0.29) is 0 Å². The van der Waals surface area contributed by atoms with Crippen molar-refractivity contribution in [2.24, 2.45) is 0 Å². The molecule has 0 aromatic carbocycles. The van der Waals surface area contributed by atoms with E-state index in [2.05, 4.69) is 21.3 Å². The Morgan fingerprint density at radius 3 is 1.15 bits per heavy atom. The van der Waals surface area contributed by atoms with Gasteiger partial charge in [0.05, 0.1) is 45.7 Å². The average Bonchev–Trinajstić information content (AvgIpc) is 0.995. The molecule has 7 rings (SSSR count). The van der Waals surface area contributed by atoms with E-state index < -0.39 is 278 Å². The molecule has 22 N–H and O–H groups in total. The highest BCUT2D eigenvalue weighted by Gasteiger charge is 2.59. The number of hydrogen-bond donors (Lipinski definition) is 22. The third-order valence-electron chi connectivity index (χ3n) is 16.1. The molecule has 0 unspecified atom stereocenters. The van der Waals surface area contributed by atoms with Gasteiger partial charge in [0.25, 0.3) is 0 Å². The fourth-order valence-corrected chi connectivity index (χ4v) is 11.4. The van der Waals surface area contributed by atoms with Crippen molar-refractivity contribution >= 4 is 23.6 Å². The number of aliphatic hydroxyl groups is 18. The van der Waals surface area contributed by atoms with Crippen molar-refractivity contribution in [2.45, 2.75) is 249 Å². The van der Waals surface area contributed by atoms with E-state index in [0.717, 1.165) is 27.7 Å². The van der Waals surface area contributed by atoms with E-state index in [9.17, 15) is 111 Å². The Morgan fingerprint density at radius 1 is 0.315 bits per heavy atom. The first kappa shape index (κ1) is 73.1. The molecule has 0 aliphatic carbocycles. The van der Waals surface area contributed by atoms with Gasteiger partial charge in [-0.05, 0) is 6.92 Å². The van der Waals surface area contributed by atoms with Crippen molar-refractivity contribution in [1.82, 2.24) is 21.3 Å². The van der Waals surface area contributed by atoms with Crippen molar-refractivity contribution in [3.63, 3.8) is 0 Å². The largest absolute Gasteiger partial charge is 0.394 e. The lowest BCUT2D eigenvalue weighted by atomic mass is 9.93. The summed E-state index contributed by atoms with van der Waals surface area (Å²) >= 11 is 0. The summed E-state index contributed by atoms with van der Waals surface area (Å²) in [4.78, 5) is 49.9. The second-order valence-electron chi connectivity index (χ2n) is 22.5. The van der Waals surface area contributed by atoms with Crippen LogP contribution < -0.4 is 21.3 Å². The molecule has 0 saturated carbocycles. The van der Waals surface area contributed by atoms with Crippen LogP contribution in [0.1, 0.15) is 34.6 Å². The van der Waals surface area contributed by atoms with Gasteiger partial charge in [0.2, 0.25) is 23.6 Å². The number of nitrogens with one attached hydrogen (secondary N) is 4. The zero-order chi connectivity index (χ0) is 65.8. The van der Waals surface area contributed by atoms with E-state index >= 15 is 0 Å². The SMILES string of the molecule is CC(=O)N[C@@H]1[C@@H](O)[C@H](O[C@@H]2O[C@H](CO)[C@@H](O[C@@H]3O[C@H](CO)[C@@H](O)[C@H](O[C@H]4O[C@H](CO)[C@@H](O)[C@H](O)[C@@H]4O[C@@H]4O[C@H](CO)[C@@H](O[C@@H]5O[C@H](CO)[C@H](O)[C@H](O)[C@H]5NC(C)=O)[C@H](O)[C@H]4NC(C)=O)[C@@H]3O)[C@H](O)[C@H]2NC(C)=O)[C@@H](CO[C@@H]2O[C@@H](C)[C@@H](O)[C@@H](O)[C@@H]2O)O[C@H]1O. The molecule has 0 aromatic heterocycles. The van der Waals surface area contributed by atoms with Gasteiger partial charge >= 0.3 is 0 Å². The molecule has 7 saturated heterocycles. The molecule has 7 aliphatic heterocycles. The van der Waals surface area contributed by atoms with Crippen molar-refractivity contribution in [3.8, 4) is 0 Å². The molecule has 7 aliphatic rings. The molecule has 0 bridgehead atoms. The van der Waals surface area contributed by atoms with Crippen molar-refractivity contribution in [1.29, 1.82) is 0 Å². The smallest absolute Gasteiger partial charge is 0.217 e. The summed E-state index contributed by atoms with van der Waals surface area (Å²) in [5, 5.41) is 207. The summed E-state index contributed by atoms with van der Waals surface area (Å²) in [7, 11) is 0. The summed E-state index contributed by atoms with van der Waals surface area (Å²) < 4.78 is 76.2. The fraction of sp³-hybridized carbons (Fsp3) is 0.920. The maximum absolute atomic E-state index is 12.8. The summed E-state index contributed by atoms with van der Waals surface area (Å²) in [6.45, 7) is -0.484. The predicted octanol–water partition coefficient (Wildman–Crippen LogP) is -14.7. The van der Waals surface area contributed by atoms with E-state index in [1.54, 1.807) is 0 Å². The maximum atomic E-state index is 12.8. The maximum Gasteiger partial charge on any atom is 0.217 e. The second kappa shape index (κ2) is 31.7. The molecule has 7 heterocycles. The zero-order valence-electron chi connectivity index (χ0n) is 48.4. The van der Waals surface area contributed by atoms with Gasteiger partial charge in [0.15, 0.2) is 44.0 Å². The molecule has 0 radical (unpaired) electrons. The monoisotopic (exact) mass is 1300 g/mol. The van der Waals surface area contributed by atoms with Crippen molar-refractivity contribution in [2.75, 3.05) is 39.6 Å². The molecular weight excluding hydrogens is 1220 g/mol. The summed E-state index contributed by atoms with van der Waals surface area (Å²) in [5.41, 5.74) is 0. The first-order valence-corrected chi connectivity index (χ1v) is 28.5. The normalized spacial score (nSPS) is 48.0. The van der Waals surface area contributed by atoms with E-state index in [1.165, 1.54) is 6.92 Å². The van der Waals surface area contributed by atoms with Crippen LogP contribution in [0.5, 0.6) is 0 Å². The summed E-state index contributed by atoms with van der Waals surface area (Å²) in [6, 6.07) is -6.87. The molecule has 4 amide bonds. The van der Waals surface area contributed by atoms with E-state index in [0.29, 0.717) is 0 Å². The number of aliphatic hydroxyl groups excluding tert-OH is 18. The van der Waals surface area contributed by atoms with Gasteiger partial charge in [-0.1, -0.05) is 0 Å². The second-order valence-corrected chi connectivity index (χ2v) is 22.5. The summed E-state index contributed by atoms with van der Waals surface area (Å²) in [5.74, 6) is -3.27. The Hall–Kier alpha value is -3.36. The van der Waals surface area contributed by atoms with E-state index in [1.807, 2.05) is 0 Å². The minimum absolute atomic E-state index is 0.752. The molecule has 0 aromatic rings. The Morgan fingerprint density at radius 2 is 0.674 bits per heavy atom. The van der Waals surface area contributed by atoms with Gasteiger partial charge in [0, 0.05) is 27.7 Å². The topological polar surface area (TPSA) is 601 Å². The van der Waals surface area contributed by atoms with Gasteiger partial charge in [-0.2, -0.15) is 0 Å². The van der Waals surface area contributed by atoms with Crippen LogP contribution in [-0.2, 0) is 80.8 Å². The minimum Gasteiger partial charge on any atom is -0.394 e.